The van der Waals surface area contributed by atoms with E-state index in [-0.39, 0.29) is 35.7 Å². The number of nitrogens with one attached hydrogen (secondary N) is 2. The molecule has 236 valence electrons. The molecule has 3 aromatic rings. The first kappa shape index (κ1) is 34.4. The molecule has 1 aliphatic heterocycles. The van der Waals surface area contributed by atoms with Crippen molar-refractivity contribution in [2.24, 2.45) is 5.41 Å². The highest BCUT2D eigenvalue weighted by Crippen LogP contribution is 2.46. The third-order valence-electron chi connectivity index (χ3n) is 7.27. The molecule has 0 spiro atoms. The Morgan fingerprint density at radius 1 is 1.12 bits per heavy atom. The van der Waals surface area contributed by atoms with E-state index in [4.69, 9.17) is 21.4 Å². The highest BCUT2D eigenvalue weighted by molar-refractivity contribution is 7.95. The van der Waals surface area contributed by atoms with Crippen molar-refractivity contribution in [2.75, 3.05) is 62.8 Å². The Morgan fingerprint density at radius 3 is 2.56 bits per heavy atom. The van der Waals surface area contributed by atoms with Crippen LogP contribution in [-0.2, 0) is 6.54 Å². The molecule has 0 bridgehead atoms. The van der Waals surface area contributed by atoms with E-state index in [1.807, 2.05) is 12.1 Å². The fourth-order valence-corrected chi connectivity index (χ4v) is 5.50. The maximum Gasteiger partial charge on any atom is 0.316 e. The molecule has 2 aromatic carbocycles. The summed E-state index contributed by atoms with van der Waals surface area (Å²) in [6.45, 7) is 3.35. The van der Waals surface area contributed by atoms with Gasteiger partial charge in [0.2, 0.25) is 5.75 Å². The first-order chi connectivity index (χ1) is 19.9. The highest BCUT2D eigenvalue weighted by atomic mass is 35.5. The van der Waals surface area contributed by atoms with Crippen molar-refractivity contribution in [3.05, 3.63) is 69.6 Å². The quantitative estimate of drug-likeness (QED) is 0.159. The normalized spacial score (nSPS) is 15.7. The summed E-state index contributed by atoms with van der Waals surface area (Å²) in [6.07, 6.45) is 3.14. The van der Waals surface area contributed by atoms with Crippen molar-refractivity contribution < 1.29 is 30.3 Å². The Balaban J connectivity index is 0.00000253. The third-order valence-corrected chi connectivity index (χ3v) is 8.40. The molecular formula is C28H38ClFN6O6S. The second kappa shape index (κ2) is 15.6. The Morgan fingerprint density at radius 2 is 1.88 bits per heavy atom. The molecule has 2 heterocycles. The average molecular weight is 641 g/mol. The number of aromatic nitrogens is 2. The Bertz CT molecular complexity index is 1410. The number of aromatic hydroxyl groups is 1. The number of aliphatic hydroxyl groups is 1. The Hall–Kier alpha value is -3.11. The summed E-state index contributed by atoms with van der Waals surface area (Å²) < 4.78 is 26.5. The molecule has 2 aliphatic rings. The van der Waals surface area contributed by atoms with Crippen LogP contribution < -0.4 is 25.2 Å². The van der Waals surface area contributed by atoms with Gasteiger partial charge in [0.25, 0.3) is 0 Å². The van der Waals surface area contributed by atoms with Gasteiger partial charge < -0.3 is 36.1 Å². The molecule has 1 saturated carbocycles. The van der Waals surface area contributed by atoms with Gasteiger partial charge in [-0.2, -0.15) is 9.78 Å². The number of phenolic OH excluding ortho intramolecular Hbond substituents is 1. The summed E-state index contributed by atoms with van der Waals surface area (Å²) >= 11 is 7.66. The lowest BCUT2D eigenvalue weighted by Gasteiger charge is -2.35. The van der Waals surface area contributed by atoms with Crippen LogP contribution in [0, 0.1) is 5.41 Å². The second-order valence-electron chi connectivity index (χ2n) is 10.3. The second-order valence-corrected chi connectivity index (χ2v) is 11.7. The Kier molecular flexibility index (Phi) is 12.4. The number of rotatable bonds is 13. The van der Waals surface area contributed by atoms with Gasteiger partial charge in [-0.1, -0.05) is 23.7 Å². The summed E-state index contributed by atoms with van der Waals surface area (Å²) in [7, 11) is 0. The number of ether oxygens (including phenoxy) is 1. The molecule has 0 unspecified atom stereocenters. The first-order valence-corrected chi connectivity index (χ1v) is 14.7. The molecule has 8 N–H and O–H groups in total. The van der Waals surface area contributed by atoms with E-state index in [1.54, 1.807) is 36.5 Å². The first-order valence-electron chi connectivity index (χ1n) is 13.5. The van der Waals surface area contributed by atoms with E-state index >= 15 is 0 Å². The van der Waals surface area contributed by atoms with Gasteiger partial charge in [-0.3, -0.25) is 9.18 Å². The van der Waals surface area contributed by atoms with Crippen LogP contribution in [0.15, 0.2) is 53.5 Å². The van der Waals surface area contributed by atoms with Crippen LogP contribution in [0.5, 0.6) is 11.5 Å². The third kappa shape index (κ3) is 8.50. The molecule has 1 aromatic heterocycles. The molecule has 1 saturated heterocycles. The SMILES string of the molecule is O.O.O=c1c(OCC2(CF)CC2)c(N2CCN(SNCc3ccc(O)c(NCCO)c3)CC2)cnn1-c1cccc(Cl)c1. The summed E-state index contributed by atoms with van der Waals surface area (Å²) in [5, 5.41) is 26.9. The number of hydrogen-bond donors (Lipinski definition) is 4. The lowest BCUT2D eigenvalue weighted by atomic mass is 10.1. The van der Waals surface area contributed by atoms with Gasteiger partial charge in [-0.15, -0.1) is 0 Å². The maximum absolute atomic E-state index is 13.6. The van der Waals surface area contributed by atoms with Crippen LogP contribution >= 0.6 is 23.7 Å². The van der Waals surface area contributed by atoms with Crippen molar-refractivity contribution in [3.63, 3.8) is 0 Å². The maximum atomic E-state index is 13.6. The fraction of sp³-hybridized carbons (Fsp3) is 0.429. The topological polar surface area (TPSA) is 178 Å². The number of benzene rings is 2. The van der Waals surface area contributed by atoms with Crippen LogP contribution in [0.2, 0.25) is 5.02 Å². The fourth-order valence-electron chi connectivity index (χ4n) is 4.55. The summed E-state index contributed by atoms with van der Waals surface area (Å²) in [5.41, 5.74) is 1.81. The summed E-state index contributed by atoms with van der Waals surface area (Å²) in [4.78, 5) is 15.6. The Labute approximate surface area is 258 Å². The number of hydrogen-bond acceptors (Lipinski definition) is 10. The van der Waals surface area contributed by atoms with E-state index in [0.29, 0.717) is 48.3 Å². The van der Waals surface area contributed by atoms with Gasteiger partial charge in [-0.25, -0.2) is 9.03 Å². The lowest BCUT2D eigenvalue weighted by molar-refractivity contribution is 0.197. The van der Waals surface area contributed by atoms with E-state index in [2.05, 4.69) is 24.3 Å². The van der Waals surface area contributed by atoms with E-state index < -0.39 is 17.6 Å². The zero-order valence-electron chi connectivity index (χ0n) is 23.6. The zero-order valence-corrected chi connectivity index (χ0v) is 25.1. The van der Waals surface area contributed by atoms with Crippen LogP contribution in [-0.4, -0.2) is 87.9 Å². The number of halogens is 2. The summed E-state index contributed by atoms with van der Waals surface area (Å²) in [6, 6.07) is 12.2. The van der Waals surface area contributed by atoms with Crippen LogP contribution in [0.25, 0.3) is 5.69 Å². The zero-order chi connectivity index (χ0) is 28.8. The minimum Gasteiger partial charge on any atom is -0.506 e. The van der Waals surface area contributed by atoms with Crippen molar-refractivity contribution in [1.82, 2.24) is 18.8 Å². The molecule has 15 heteroatoms. The van der Waals surface area contributed by atoms with Crippen molar-refractivity contribution >= 4 is 35.1 Å². The molecule has 12 nitrogen and oxygen atoms in total. The average Bonchev–Trinajstić information content (AvgIpc) is 3.77. The molecule has 0 amide bonds. The van der Waals surface area contributed by atoms with Gasteiger partial charge in [0, 0.05) is 61.8 Å². The predicted octanol–water partition coefficient (Wildman–Crippen LogP) is 1.95. The molecule has 2 fully saturated rings. The molecule has 5 rings (SSSR count). The monoisotopic (exact) mass is 640 g/mol. The van der Waals surface area contributed by atoms with Crippen LogP contribution in [0.3, 0.4) is 0 Å². The van der Waals surface area contributed by atoms with Gasteiger partial charge in [-0.05, 0) is 48.7 Å². The van der Waals surface area contributed by atoms with Crippen molar-refractivity contribution in [2.45, 2.75) is 19.4 Å². The van der Waals surface area contributed by atoms with E-state index in [1.165, 1.54) is 16.8 Å². The number of aliphatic hydroxyl groups excluding tert-OH is 1. The smallest absolute Gasteiger partial charge is 0.316 e. The van der Waals surface area contributed by atoms with E-state index in [9.17, 15) is 14.3 Å². The summed E-state index contributed by atoms with van der Waals surface area (Å²) in [5.74, 6) is 0.318. The standard InChI is InChI=1S/C28H34ClFN6O4S.2H2O/c29-21-2-1-3-22(15-21)36-27(39)26(40-19-28(18-30)6-7-28)24(17-32-36)34-9-11-35(12-10-34)41-33-16-20-4-5-25(38)23(14-20)31-8-13-37;;/h1-5,14-15,17,31,33,37-38H,6-13,16,18-19H2;2*1H2. The number of nitrogens with zero attached hydrogens (tertiary/aromatic N) is 4. The molecule has 0 atom stereocenters. The van der Waals surface area contributed by atoms with E-state index in [0.717, 1.165) is 31.5 Å². The van der Waals surface area contributed by atoms with Gasteiger partial charge >= 0.3 is 5.56 Å². The molecule has 43 heavy (non-hydrogen) atoms. The van der Waals surface area contributed by atoms with Gasteiger partial charge in [0.1, 0.15) is 11.4 Å². The number of piperazine rings is 1. The van der Waals surface area contributed by atoms with Crippen LogP contribution in [0.4, 0.5) is 15.8 Å². The van der Waals surface area contributed by atoms with Crippen LogP contribution in [0.1, 0.15) is 18.4 Å². The lowest BCUT2D eigenvalue weighted by Crippen LogP contribution is -2.45. The van der Waals surface area contributed by atoms with Gasteiger partial charge in [0.15, 0.2) is 0 Å². The number of anilines is 2. The molecule has 1 aliphatic carbocycles. The van der Waals surface area contributed by atoms with Crippen molar-refractivity contribution in [3.8, 4) is 17.2 Å². The highest BCUT2D eigenvalue weighted by Gasteiger charge is 2.44. The molecular weight excluding hydrogens is 603 g/mol. The number of alkyl halides is 1. The largest absolute Gasteiger partial charge is 0.506 e. The van der Waals surface area contributed by atoms with Crippen molar-refractivity contribution in [1.29, 1.82) is 0 Å². The van der Waals surface area contributed by atoms with Gasteiger partial charge in [0.05, 0.1) is 37.5 Å². The number of phenols is 1. The predicted molar refractivity (Wildman–Crippen MR) is 167 cm³/mol. The molecule has 0 radical (unpaired) electrons. The minimum absolute atomic E-state index is 0. The minimum atomic E-state index is -0.498.